The van der Waals surface area contributed by atoms with Gasteiger partial charge in [0.25, 0.3) is 0 Å². The first kappa shape index (κ1) is 19.9. The predicted octanol–water partition coefficient (Wildman–Crippen LogP) is 2.05. The van der Waals surface area contributed by atoms with Crippen molar-refractivity contribution in [2.75, 3.05) is 44.2 Å². The number of benzene rings is 1. The molecule has 3 aromatic rings. The van der Waals surface area contributed by atoms with Crippen LogP contribution >= 0.6 is 12.4 Å². The molecule has 3 heterocycles. The SMILES string of the molecule is Cl.O=c1[nH]c(-c2ccc(OCCN3CCN(c4ccccc4)CC3)cn2)no1. The van der Waals surface area contributed by atoms with E-state index >= 15 is 0 Å². The lowest BCUT2D eigenvalue weighted by molar-refractivity contribution is 0.200. The number of aromatic amines is 1. The molecule has 0 radical (unpaired) electrons. The van der Waals surface area contributed by atoms with Crippen LogP contribution in [0.2, 0.25) is 0 Å². The second kappa shape index (κ2) is 9.38. The fourth-order valence-corrected chi connectivity index (χ4v) is 3.11. The van der Waals surface area contributed by atoms with Gasteiger partial charge < -0.3 is 9.64 Å². The summed E-state index contributed by atoms with van der Waals surface area (Å²) in [6, 6.07) is 14.1. The number of pyridine rings is 1. The van der Waals surface area contributed by atoms with E-state index in [4.69, 9.17) is 4.74 Å². The molecule has 28 heavy (non-hydrogen) atoms. The first-order chi connectivity index (χ1) is 13.3. The van der Waals surface area contributed by atoms with E-state index in [1.165, 1.54) is 5.69 Å². The van der Waals surface area contributed by atoms with Gasteiger partial charge in [0.15, 0.2) is 0 Å². The third-order valence-electron chi connectivity index (χ3n) is 4.59. The zero-order valence-electron chi connectivity index (χ0n) is 15.3. The largest absolute Gasteiger partial charge is 0.491 e. The standard InChI is InChI=1S/C19H21N5O3.ClH/c25-19-21-18(22-27-19)17-7-6-16(14-20-17)26-13-12-23-8-10-24(11-9-23)15-4-2-1-3-5-15;/h1-7,14H,8-13H2,(H,21,22,25);1H. The molecule has 0 aliphatic carbocycles. The molecule has 1 N–H and O–H groups in total. The lowest BCUT2D eigenvalue weighted by atomic mass is 10.2. The van der Waals surface area contributed by atoms with Crippen LogP contribution in [-0.2, 0) is 0 Å². The number of aromatic nitrogens is 3. The fraction of sp³-hybridized carbons (Fsp3) is 0.316. The molecule has 148 valence electrons. The Morgan fingerprint density at radius 1 is 1.07 bits per heavy atom. The van der Waals surface area contributed by atoms with Crippen molar-refractivity contribution in [2.45, 2.75) is 0 Å². The molecule has 2 aromatic heterocycles. The Hall–Kier alpha value is -2.84. The molecule has 9 heteroatoms. The van der Waals surface area contributed by atoms with Crippen molar-refractivity contribution in [2.24, 2.45) is 0 Å². The average Bonchev–Trinajstić information content (AvgIpc) is 3.16. The van der Waals surface area contributed by atoms with Crippen LogP contribution < -0.4 is 15.4 Å². The van der Waals surface area contributed by atoms with Gasteiger partial charge in [-0.25, -0.2) is 9.78 Å². The highest BCUT2D eigenvalue weighted by molar-refractivity contribution is 5.85. The lowest BCUT2D eigenvalue weighted by Gasteiger charge is -2.36. The smallest absolute Gasteiger partial charge is 0.439 e. The van der Waals surface area contributed by atoms with Crippen LogP contribution in [0.1, 0.15) is 0 Å². The first-order valence-corrected chi connectivity index (χ1v) is 8.95. The molecule has 0 spiro atoms. The number of nitrogens with one attached hydrogen (secondary N) is 1. The maximum atomic E-state index is 11.0. The molecule has 0 atom stereocenters. The van der Waals surface area contributed by atoms with Gasteiger partial charge in [-0.15, -0.1) is 12.4 Å². The second-order valence-corrected chi connectivity index (χ2v) is 6.34. The van der Waals surface area contributed by atoms with Gasteiger partial charge in [0.2, 0.25) is 5.82 Å². The van der Waals surface area contributed by atoms with Gasteiger partial charge in [-0.1, -0.05) is 23.4 Å². The van der Waals surface area contributed by atoms with Crippen molar-refractivity contribution in [3.63, 3.8) is 0 Å². The van der Waals surface area contributed by atoms with E-state index in [-0.39, 0.29) is 12.4 Å². The third-order valence-corrected chi connectivity index (χ3v) is 4.59. The van der Waals surface area contributed by atoms with Crippen LogP contribution in [0.15, 0.2) is 58.0 Å². The number of hydrogen-bond donors (Lipinski definition) is 1. The van der Waals surface area contributed by atoms with E-state index in [0.717, 1.165) is 32.7 Å². The van der Waals surface area contributed by atoms with Crippen molar-refractivity contribution in [1.82, 2.24) is 20.0 Å². The molecule has 1 fully saturated rings. The van der Waals surface area contributed by atoms with Crippen LogP contribution in [0, 0.1) is 0 Å². The number of rotatable bonds is 6. The minimum atomic E-state index is -0.598. The van der Waals surface area contributed by atoms with Crippen molar-refractivity contribution >= 4 is 18.1 Å². The van der Waals surface area contributed by atoms with Crippen molar-refractivity contribution in [1.29, 1.82) is 0 Å². The second-order valence-electron chi connectivity index (χ2n) is 6.34. The number of ether oxygens (including phenoxy) is 1. The maximum Gasteiger partial charge on any atom is 0.439 e. The van der Waals surface area contributed by atoms with Gasteiger partial charge in [0, 0.05) is 38.4 Å². The summed E-state index contributed by atoms with van der Waals surface area (Å²) < 4.78 is 10.3. The molecular formula is C19H22ClN5O3. The van der Waals surface area contributed by atoms with Gasteiger partial charge in [-0.2, -0.15) is 0 Å². The number of H-pyrrole nitrogens is 1. The van der Waals surface area contributed by atoms with E-state index in [2.05, 4.69) is 53.7 Å². The molecule has 1 aromatic carbocycles. The predicted molar refractivity (Wildman–Crippen MR) is 108 cm³/mol. The molecule has 4 rings (SSSR count). The Morgan fingerprint density at radius 2 is 1.86 bits per heavy atom. The summed E-state index contributed by atoms with van der Waals surface area (Å²) in [6.07, 6.45) is 1.62. The summed E-state index contributed by atoms with van der Waals surface area (Å²) in [5, 5.41) is 3.61. The highest BCUT2D eigenvalue weighted by atomic mass is 35.5. The van der Waals surface area contributed by atoms with Crippen LogP contribution in [-0.4, -0.2) is 59.4 Å². The summed E-state index contributed by atoms with van der Waals surface area (Å²) in [5.74, 6) is 0.398. The first-order valence-electron chi connectivity index (χ1n) is 8.95. The highest BCUT2D eigenvalue weighted by Gasteiger charge is 2.16. The van der Waals surface area contributed by atoms with Crippen molar-refractivity contribution in [3.8, 4) is 17.3 Å². The molecule has 0 bridgehead atoms. The third kappa shape index (κ3) is 4.90. The number of para-hydroxylation sites is 1. The zero-order chi connectivity index (χ0) is 18.5. The summed E-state index contributed by atoms with van der Waals surface area (Å²) in [5.41, 5.74) is 1.82. The minimum Gasteiger partial charge on any atom is -0.491 e. The van der Waals surface area contributed by atoms with Gasteiger partial charge in [0.05, 0.1) is 6.20 Å². The number of piperazine rings is 1. The van der Waals surface area contributed by atoms with Gasteiger partial charge in [-0.3, -0.25) is 14.4 Å². The van der Waals surface area contributed by atoms with Crippen LogP contribution in [0.3, 0.4) is 0 Å². The van der Waals surface area contributed by atoms with E-state index in [1.54, 1.807) is 12.3 Å². The number of hydrogen-bond acceptors (Lipinski definition) is 7. The Bertz CT molecular complexity index is 905. The summed E-state index contributed by atoms with van der Waals surface area (Å²) >= 11 is 0. The Balaban J connectivity index is 0.00000225. The molecule has 1 aliphatic rings. The molecule has 8 nitrogen and oxygen atoms in total. The number of nitrogens with zero attached hydrogens (tertiary/aromatic N) is 4. The van der Waals surface area contributed by atoms with Crippen LogP contribution in [0.4, 0.5) is 5.69 Å². The lowest BCUT2D eigenvalue weighted by Crippen LogP contribution is -2.47. The van der Waals surface area contributed by atoms with Gasteiger partial charge in [-0.05, 0) is 24.3 Å². The summed E-state index contributed by atoms with van der Waals surface area (Å²) in [4.78, 5) is 22.5. The minimum absolute atomic E-state index is 0. The van der Waals surface area contributed by atoms with Gasteiger partial charge >= 0.3 is 5.76 Å². The van der Waals surface area contributed by atoms with Gasteiger partial charge in [0.1, 0.15) is 18.1 Å². The quantitative estimate of drug-likeness (QED) is 0.673. The highest BCUT2D eigenvalue weighted by Crippen LogP contribution is 2.17. The van der Waals surface area contributed by atoms with E-state index in [1.807, 2.05) is 12.1 Å². The molecule has 0 unspecified atom stereocenters. The molecule has 1 aliphatic heterocycles. The van der Waals surface area contributed by atoms with E-state index < -0.39 is 5.76 Å². The van der Waals surface area contributed by atoms with Crippen LogP contribution in [0.5, 0.6) is 5.75 Å². The average molecular weight is 404 g/mol. The van der Waals surface area contributed by atoms with E-state index in [0.29, 0.717) is 23.9 Å². The molecule has 0 saturated carbocycles. The summed E-state index contributed by atoms with van der Waals surface area (Å²) in [6.45, 7) is 5.57. The Morgan fingerprint density at radius 3 is 2.50 bits per heavy atom. The number of halogens is 1. The van der Waals surface area contributed by atoms with Crippen LogP contribution in [0.25, 0.3) is 11.5 Å². The normalized spacial score (nSPS) is 14.5. The zero-order valence-corrected chi connectivity index (χ0v) is 16.1. The number of anilines is 1. The molecule has 1 saturated heterocycles. The Kier molecular flexibility index (Phi) is 6.67. The molecule has 0 amide bonds. The monoisotopic (exact) mass is 403 g/mol. The Labute approximate surface area is 168 Å². The van der Waals surface area contributed by atoms with E-state index in [9.17, 15) is 4.79 Å². The fourth-order valence-electron chi connectivity index (χ4n) is 3.11. The summed E-state index contributed by atoms with van der Waals surface area (Å²) in [7, 11) is 0. The maximum absolute atomic E-state index is 11.0. The molecular weight excluding hydrogens is 382 g/mol. The van der Waals surface area contributed by atoms with Crippen molar-refractivity contribution in [3.05, 3.63) is 59.2 Å². The van der Waals surface area contributed by atoms with Crippen molar-refractivity contribution < 1.29 is 9.26 Å². The topological polar surface area (TPSA) is 87.5 Å².